The number of hydrogen-bond acceptors (Lipinski definition) is 3. The highest BCUT2D eigenvalue weighted by molar-refractivity contribution is 6.29. The number of hydrogen-bond donors (Lipinski definition) is 1. The van der Waals surface area contributed by atoms with Gasteiger partial charge in [0, 0.05) is 13.1 Å². The number of rotatable bonds is 3. The lowest BCUT2D eigenvalue weighted by molar-refractivity contribution is 0.0932. The Morgan fingerprint density at radius 1 is 1.61 bits per heavy atom. The van der Waals surface area contributed by atoms with Crippen LogP contribution in [0.3, 0.4) is 0 Å². The van der Waals surface area contributed by atoms with E-state index in [4.69, 9.17) is 11.6 Å². The summed E-state index contributed by atoms with van der Waals surface area (Å²) in [5.74, 6) is 0.387. The number of halogens is 1. The van der Waals surface area contributed by atoms with Crippen molar-refractivity contribution in [1.82, 2.24) is 15.2 Å². The fourth-order valence-corrected chi connectivity index (χ4v) is 2.47. The summed E-state index contributed by atoms with van der Waals surface area (Å²) in [6.07, 6.45) is 2.38. The van der Waals surface area contributed by atoms with Gasteiger partial charge in [-0.3, -0.25) is 4.79 Å². The van der Waals surface area contributed by atoms with Crippen molar-refractivity contribution < 1.29 is 4.79 Å². The lowest BCUT2D eigenvalue weighted by atomic mass is 9.98. The Bertz CT molecular complexity index is 424. The number of nitrogens with zero attached hydrogens (tertiary/aromatic N) is 2. The Labute approximate surface area is 112 Å². The van der Waals surface area contributed by atoms with Gasteiger partial charge in [-0.25, -0.2) is 4.98 Å². The molecule has 0 radical (unpaired) electrons. The normalized spacial score (nSPS) is 20.7. The highest BCUT2D eigenvalue weighted by atomic mass is 35.5. The number of aromatic nitrogens is 1. The van der Waals surface area contributed by atoms with Gasteiger partial charge < -0.3 is 10.2 Å². The zero-order valence-electron chi connectivity index (χ0n) is 10.5. The van der Waals surface area contributed by atoms with E-state index in [1.807, 2.05) is 0 Å². The molecule has 1 amide bonds. The molecule has 0 spiro atoms. The van der Waals surface area contributed by atoms with Crippen LogP contribution in [-0.4, -0.2) is 42.5 Å². The SMILES string of the molecule is CN1CCCC(CNC(=O)c2cccc(Cl)n2)C1. The molecule has 18 heavy (non-hydrogen) atoms. The summed E-state index contributed by atoms with van der Waals surface area (Å²) >= 11 is 5.76. The minimum absolute atomic E-state index is 0.147. The molecule has 1 atom stereocenters. The van der Waals surface area contributed by atoms with Gasteiger partial charge in [0.25, 0.3) is 5.91 Å². The largest absolute Gasteiger partial charge is 0.350 e. The molecule has 1 saturated heterocycles. The maximum Gasteiger partial charge on any atom is 0.269 e. The van der Waals surface area contributed by atoms with Crippen molar-refractivity contribution in [1.29, 1.82) is 0 Å². The Morgan fingerprint density at radius 2 is 2.44 bits per heavy atom. The fourth-order valence-electron chi connectivity index (χ4n) is 2.30. The lowest BCUT2D eigenvalue weighted by Gasteiger charge is -2.29. The number of amides is 1. The third kappa shape index (κ3) is 3.68. The van der Waals surface area contributed by atoms with E-state index in [1.54, 1.807) is 18.2 Å². The first kappa shape index (κ1) is 13.3. The number of nitrogens with one attached hydrogen (secondary N) is 1. The van der Waals surface area contributed by atoms with E-state index in [0.29, 0.717) is 23.3 Å². The first-order chi connectivity index (χ1) is 8.65. The highest BCUT2D eigenvalue weighted by Crippen LogP contribution is 2.14. The topological polar surface area (TPSA) is 45.2 Å². The maximum atomic E-state index is 11.9. The van der Waals surface area contributed by atoms with Crippen LogP contribution in [0.1, 0.15) is 23.3 Å². The molecule has 4 nitrogen and oxygen atoms in total. The Balaban J connectivity index is 1.84. The fraction of sp³-hybridized carbons (Fsp3) is 0.538. The van der Waals surface area contributed by atoms with Crippen LogP contribution in [0.2, 0.25) is 5.15 Å². The van der Waals surface area contributed by atoms with Crippen LogP contribution in [0.4, 0.5) is 0 Å². The lowest BCUT2D eigenvalue weighted by Crippen LogP contribution is -2.39. The predicted octanol–water partition coefficient (Wildman–Crippen LogP) is 1.81. The molecule has 2 heterocycles. The minimum atomic E-state index is -0.147. The summed E-state index contributed by atoms with van der Waals surface area (Å²) in [5, 5.41) is 3.28. The van der Waals surface area contributed by atoms with E-state index < -0.39 is 0 Å². The van der Waals surface area contributed by atoms with Crippen LogP contribution >= 0.6 is 11.6 Å². The monoisotopic (exact) mass is 267 g/mol. The highest BCUT2D eigenvalue weighted by Gasteiger charge is 2.18. The molecular weight excluding hydrogens is 250 g/mol. The van der Waals surface area contributed by atoms with Gasteiger partial charge in [0.1, 0.15) is 10.8 Å². The van der Waals surface area contributed by atoms with Gasteiger partial charge in [0.15, 0.2) is 0 Å². The molecule has 0 saturated carbocycles. The zero-order valence-corrected chi connectivity index (χ0v) is 11.3. The Hall–Kier alpha value is -1.13. The number of carbonyl (C=O) groups is 1. The molecule has 98 valence electrons. The van der Waals surface area contributed by atoms with Gasteiger partial charge in [-0.05, 0) is 44.5 Å². The summed E-state index contributed by atoms with van der Waals surface area (Å²) in [6, 6.07) is 5.07. The number of piperidine rings is 1. The molecule has 1 aromatic heterocycles. The molecule has 0 aromatic carbocycles. The second-order valence-corrected chi connectivity index (χ2v) is 5.21. The third-order valence-corrected chi connectivity index (χ3v) is 3.43. The van der Waals surface area contributed by atoms with Crippen LogP contribution in [0.5, 0.6) is 0 Å². The van der Waals surface area contributed by atoms with Crippen molar-refractivity contribution in [3.63, 3.8) is 0 Å². The molecule has 1 aliphatic heterocycles. The first-order valence-electron chi connectivity index (χ1n) is 6.24. The van der Waals surface area contributed by atoms with Crippen LogP contribution in [0.25, 0.3) is 0 Å². The summed E-state index contributed by atoms with van der Waals surface area (Å²) in [4.78, 5) is 18.2. The molecule has 1 unspecified atom stereocenters. The molecular formula is C13H18ClN3O. The standard InChI is InChI=1S/C13H18ClN3O/c1-17-7-3-4-10(9-17)8-15-13(18)11-5-2-6-12(14)16-11/h2,5-6,10H,3-4,7-9H2,1H3,(H,15,18). The van der Waals surface area contributed by atoms with Crippen molar-refractivity contribution in [3.8, 4) is 0 Å². The van der Waals surface area contributed by atoms with Crippen molar-refractivity contribution >= 4 is 17.5 Å². The van der Waals surface area contributed by atoms with Crippen LogP contribution < -0.4 is 5.32 Å². The van der Waals surface area contributed by atoms with Gasteiger partial charge in [-0.15, -0.1) is 0 Å². The first-order valence-corrected chi connectivity index (χ1v) is 6.62. The van der Waals surface area contributed by atoms with Crippen LogP contribution in [-0.2, 0) is 0 Å². The summed E-state index contributed by atoms with van der Waals surface area (Å²) in [7, 11) is 2.12. The van der Waals surface area contributed by atoms with E-state index in [2.05, 4.69) is 22.2 Å². The van der Waals surface area contributed by atoms with Crippen LogP contribution in [0, 0.1) is 5.92 Å². The van der Waals surface area contributed by atoms with Gasteiger partial charge in [-0.2, -0.15) is 0 Å². The number of carbonyl (C=O) groups excluding carboxylic acids is 1. The van der Waals surface area contributed by atoms with Gasteiger partial charge >= 0.3 is 0 Å². The number of likely N-dealkylation sites (tertiary alicyclic amines) is 1. The second-order valence-electron chi connectivity index (χ2n) is 4.83. The van der Waals surface area contributed by atoms with Gasteiger partial charge in [0.05, 0.1) is 0 Å². The molecule has 1 aliphatic rings. The molecule has 2 rings (SSSR count). The summed E-state index contributed by atoms with van der Waals surface area (Å²) in [6.45, 7) is 2.90. The van der Waals surface area contributed by atoms with Crippen molar-refractivity contribution in [2.75, 3.05) is 26.7 Å². The van der Waals surface area contributed by atoms with E-state index in [1.165, 1.54) is 12.8 Å². The Morgan fingerprint density at radius 3 is 3.17 bits per heavy atom. The van der Waals surface area contributed by atoms with E-state index in [9.17, 15) is 4.79 Å². The third-order valence-electron chi connectivity index (χ3n) is 3.22. The maximum absolute atomic E-state index is 11.9. The molecule has 1 N–H and O–H groups in total. The molecule has 0 aliphatic carbocycles. The zero-order chi connectivity index (χ0) is 13.0. The quantitative estimate of drug-likeness (QED) is 0.850. The number of pyridine rings is 1. The van der Waals surface area contributed by atoms with E-state index in [-0.39, 0.29) is 5.91 Å². The van der Waals surface area contributed by atoms with Crippen molar-refractivity contribution in [3.05, 3.63) is 29.0 Å². The average molecular weight is 268 g/mol. The van der Waals surface area contributed by atoms with Gasteiger partial charge in [-0.1, -0.05) is 17.7 Å². The second kappa shape index (κ2) is 6.16. The van der Waals surface area contributed by atoms with Gasteiger partial charge in [0.2, 0.25) is 0 Å². The van der Waals surface area contributed by atoms with E-state index >= 15 is 0 Å². The predicted molar refractivity (Wildman–Crippen MR) is 71.8 cm³/mol. The Kier molecular flexibility index (Phi) is 4.55. The molecule has 0 bridgehead atoms. The van der Waals surface area contributed by atoms with Crippen molar-refractivity contribution in [2.24, 2.45) is 5.92 Å². The minimum Gasteiger partial charge on any atom is -0.350 e. The summed E-state index contributed by atoms with van der Waals surface area (Å²) in [5.41, 5.74) is 0.381. The smallest absolute Gasteiger partial charge is 0.269 e. The molecule has 5 heteroatoms. The van der Waals surface area contributed by atoms with Crippen LogP contribution in [0.15, 0.2) is 18.2 Å². The van der Waals surface area contributed by atoms with E-state index in [0.717, 1.165) is 13.1 Å². The average Bonchev–Trinajstić information content (AvgIpc) is 2.36. The molecule has 1 aromatic rings. The van der Waals surface area contributed by atoms with Crippen molar-refractivity contribution in [2.45, 2.75) is 12.8 Å². The molecule has 1 fully saturated rings. The summed E-state index contributed by atoms with van der Waals surface area (Å²) < 4.78 is 0.